The molecule has 1 heterocycles. The van der Waals surface area contributed by atoms with Gasteiger partial charge in [-0.05, 0) is 60.2 Å². The summed E-state index contributed by atoms with van der Waals surface area (Å²) in [5.41, 5.74) is 1.79. The summed E-state index contributed by atoms with van der Waals surface area (Å²) in [6.45, 7) is 0. The zero-order valence-electron chi connectivity index (χ0n) is 12.7. The predicted molar refractivity (Wildman–Crippen MR) is 84.3 cm³/mol. The molecule has 2 aliphatic rings. The van der Waals surface area contributed by atoms with Crippen LogP contribution in [-0.2, 0) is 0 Å². The molecule has 1 aliphatic carbocycles. The quantitative estimate of drug-likeness (QED) is 0.784. The molecule has 2 N–H and O–H groups in total. The second-order valence-corrected chi connectivity index (χ2v) is 6.39. The average Bonchev–Trinajstić information content (AvgIpc) is 3.01. The summed E-state index contributed by atoms with van der Waals surface area (Å²) < 4.78 is 32.4. The number of phenols is 2. The van der Waals surface area contributed by atoms with E-state index in [1.54, 1.807) is 36.4 Å². The first-order valence-electron chi connectivity index (χ1n) is 7.84. The van der Waals surface area contributed by atoms with Crippen molar-refractivity contribution in [2.75, 3.05) is 0 Å². The number of benzene rings is 2. The van der Waals surface area contributed by atoms with Crippen LogP contribution in [0.2, 0.25) is 0 Å². The van der Waals surface area contributed by atoms with Crippen molar-refractivity contribution >= 4 is 0 Å². The van der Waals surface area contributed by atoms with Gasteiger partial charge in [0, 0.05) is 11.5 Å². The van der Waals surface area contributed by atoms with Crippen LogP contribution in [0.4, 0.5) is 8.78 Å². The molecule has 4 rings (SSSR count). The first-order valence-corrected chi connectivity index (χ1v) is 7.84. The maximum atomic E-state index is 13.2. The highest BCUT2D eigenvalue weighted by Crippen LogP contribution is 2.56. The topological polar surface area (TPSA) is 49.7 Å². The Bertz CT molecular complexity index is 810. The third-order valence-electron chi connectivity index (χ3n) is 4.99. The van der Waals surface area contributed by atoms with Crippen LogP contribution in [0.1, 0.15) is 36.0 Å². The van der Waals surface area contributed by atoms with Crippen LogP contribution in [0.25, 0.3) is 0 Å². The van der Waals surface area contributed by atoms with Gasteiger partial charge < -0.3 is 14.9 Å². The fourth-order valence-corrected chi connectivity index (χ4v) is 3.88. The minimum absolute atomic E-state index is 0.109. The fourth-order valence-electron chi connectivity index (χ4n) is 3.88. The third kappa shape index (κ3) is 2.40. The molecular weight excluding hydrogens is 314 g/mol. The molecule has 0 spiro atoms. The van der Waals surface area contributed by atoms with E-state index in [1.165, 1.54) is 6.07 Å². The van der Waals surface area contributed by atoms with E-state index >= 15 is 0 Å². The minimum atomic E-state index is -1.62. The van der Waals surface area contributed by atoms with Gasteiger partial charge in [-0.25, -0.2) is 0 Å². The lowest BCUT2D eigenvalue weighted by atomic mass is 9.80. The van der Waals surface area contributed by atoms with E-state index in [2.05, 4.69) is 0 Å². The molecule has 5 heteroatoms. The summed E-state index contributed by atoms with van der Waals surface area (Å²) in [4.78, 5) is 0. The number of halogens is 2. The molecule has 0 radical (unpaired) electrons. The van der Waals surface area contributed by atoms with Gasteiger partial charge in [0.2, 0.25) is 0 Å². The SMILES string of the molecule is Oc1ccc([C@H]2Oc3ccc(O)cc3[C@H]3CC(=C(F)F)C[C@H]32)cc1. The van der Waals surface area contributed by atoms with Crippen molar-refractivity contribution in [1.82, 2.24) is 0 Å². The first kappa shape index (κ1) is 15.0. The van der Waals surface area contributed by atoms with Crippen LogP contribution in [-0.4, -0.2) is 10.2 Å². The average molecular weight is 330 g/mol. The third-order valence-corrected chi connectivity index (χ3v) is 4.99. The van der Waals surface area contributed by atoms with Crippen LogP contribution in [0.15, 0.2) is 54.1 Å². The molecule has 0 unspecified atom stereocenters. The summed E-state index contributed by atoms with van der Waals surface area (Å²) in [6.07, 6.45) is -1.42. The largest absolute Gasteiger partial charge is 0.508 e. The van der Waals surface area contributed by atoms with E-state index in [9.17, 15) is 19.0 Å². The van der Waals surface area contributed by atoms with Crippen molar-refractivity contribution in [2.24, 2.45) is 5.92 Å². The molecule has 1 aliphatic heterocycles. The number of ether oxygens (including phenoxy) is 1. The maximum absolute atomic E-state index is 13.2. The Morgan fingerprint density at radius 3 is 2.38 bits per heavy atom. The summed E-state index contributed by atoms with van der Waals surface area (Å²) in [5, 5.41) is 19.2. The van der Waals surface area contributed by atoms with Gasteiger partial charge in [0.15, 0.2) is 0 Å². The number of hydrogen-bond acceptors (Lipinski definition) is 3. The summed E-state index contributed by atoms with van der Waals surface area (Å²) >= 11 is 0. The predicted octanol–water partition coefficient (Wildman–Crippen LogP) is 4.88. The zero-order valence-corrected chi connectivity index (χ0v) is 12.7. The zero-order chi connectivity index (χ0) is 16.8. The van der Waals surface area contributed by atoms with Gasteiger partial charge in [0.25, 0.3) is 6.08 Å². The molecule has 24 heavy (non-hydrogen) atoms. The van der Waals surface area contributed by atoms with Gasteiger partial charge in [0.05, 0.1) is 0 Å². The van der Waals surface area contributed by atoms with E-state index in [1.807, 2.05) is 0 Å². The first-order chi connectivity index (χ1) is 11.5. The molecule has 124 valence electrons. The molecular formula is C19H16F2O3. The van der Waals surface area contributed by atoms with E-state index < -0.39 is 6.08 Å². The van der Waals surface area contributed by atoms with Gasteiger partial charge in [0.1, 0.15) is 23.4 Å². The highest BCUT2D eigenvalue weighted by atomic mass is 19.3. The minimum Gasteiger partial charge on any atom is -0.508 e. The maximum Gasteiger partial charge on any atom is 0.269 e. The van der Waals surface area contributed by atoms with Crippen molar-refractivity contribution in [3.8, 4) is 17.2 Å². The molecule has 2 aromatic carbocycles. The molecule has 0 aromatic heterocycles. The Morgan fingerprint density at radius 1 is 0.958 bits per heavy atom. The number of phenolic OH excluding ortho intramolecular Hbond substituents is 2. The van der Waals surface area contributed by atoms with E-state index in [-0.39, 0.29) is 47.9 Å². The Labute approximate surface area is 137 Å². The van der Waals surface area contributed by atoms with Gasteiger partial charge in [-0.3, -0.25) is 0 Å². The van der Waals surface area contributed by atoms with Gasteiger partial charge in [-0.2, -0.15) is 8.78 Å². The number of allylic oxidation sites excluding steroid dienone is 1. The van der Waals surface area contributed by atoms with Gasteiger partial charge in [-0.1, -0.05) is 12.1 Å². The Kier molecular flexibility index (Phi) is 3.44. The van der Waals surface area contributed by atoms with Crippen molar-refractivity contribution in [2.45, 2.75) is 24.9 Å². The molecule has 0 saturated heterocycles. The molecule has 2 aromatic rings. The lowest BCUT2D eigenvalue weighted by Gasteiger charge is -2.36. The molecule has 3 nitrogen and oxygen atoms in total. The summed E-state index contributed by atoms with van der Waals surface area (Å²) in [5.74, 6) is 0.639. The number of hydrogen-bond donors (Lipinski definition) is 2. The van der Waals surface area contributed by atoms with Gasteiger partial charge in [-0.15, -0.1) is 0 Å². The number of aromatic hydroxyl groups is 2. The lowest BCUT2D eigenvalue weighted by molar-refractivity contribution is 0.105. The van der Waals surface area contributed by atoms with Crippen LogP contribution in [0.5, 0.6) is 17.2 Å². The van der Waals surface area contributed by atoms with E-state index in [0.29, 0.717) is 5.75 Å². The Hall–Kier alpha value is -2.56. The molecule has 1 saturated carbocycles. The smallest absolute Gasteiger partial charge is 0.269 e. The monoisotopic (exact) mass is 330 g/mol. The van der Waals surface area contributed by atoms with Crippen LogP contribution in [0.3, 0.4) is 0 Å². The van der Waals surface area contributed by atoms with E-state index in [4.69, 9.17) is 4.74 Å². The van der Waals surface area contributed by atoms with E-state index in [0.717, 1.165) is 11.1 Å². The number of rotatable bonds is 1. The van der Waals surface area contributed by atoms with Crippen molar-refractivity contribution in [3.63, 3.8) is 0 Å². The standard InChI is InChI=1S/C19H16F2O3/c20-19(21)11-7-14-15-9-13(23)5-6-17(15)24-18(16(14)8-11)10-1-3-12(22)4-2-10/h1-6,9,14,16,18,22-23H,7-8H2/t14-,16-,18-/m1/s1. The Morgan fingerprint density at radius 2 is 1.67 bits per heavy atom. The second-order valence-electron chi connectivity index (χ2n) is 6.39. The highest BCUT2D eigenvalue weighted by Gasteiger charge is 2.45. The normalized spacial score (nSPS) is 24.9. The molecule has 0 bridgehead atoms. The summed E-state index contributed by atoms with van der Waals surface area (Å²) in [6, 6.07) is 11.5. The molecule has 1 fully saturated rings. The van der Waals surface area contributed by atoms with Crippen molar-refractivity contribution < 1.29 is 23.7 Å². The van der Waals surface area contributed by atoms with Crippen molar-refractivity contribution in [3.05, 3.63) is 65.2 Å². The number of fused-ring (bicyclic) bond motifs is 3. The van der Waals surface area contributed by atoms with Crippen molar-refractivity contribution in [1.29, 1.82) is 0 Å². The lowest BCUT2D eigenvalue weighted by Crippen LogP contribution is -2.26. The van der Waals surface area contributed by atoms with Crippen LogP contribution in [0, 0.1) is 5.92 Å². The van der Waals surface area contributed by atoms with Crippen LogP contribution < -0.4 is 4.74 Å². The second kappa shape index (κ2) is 5.51. The van der Waals surface area contributed by atoms with Gasteiger partial charge >= 0.3 is 0 Å². The fraction of sp³-hybridized carbons (Fsp3) is 0.263. The highest BCUT2D eigenvalue weighted by molar-refractivity contribution is 5.47. The molecule has 3 atom stereocenters. The Balaban J connectivity index is 1.80. The summed E-state index contributed by atoms with van der Waals surface area (Å²) in [7, 11) is 0. The molecule has 0 amide bonds. The van der Waals surface area contributed by atoms with Crippen LogP contribution >= 0.6 is 0 Å².